The molecule has 0 fully saturated rings. The highest BCUT2D eigenvalue weighted by Crippen LogP contribution is 2.25. The molecular weight excluding hydrogens is 286 g/mol. The lowest BCUT2D eigenvalue weighted by atomic mass is 10.2. The zero-order valence-corrected chi connectivity index (χ0v) is 12.6. The highest BCUT2D eigenvalue weighted by molar-refractivity contribution is 7.89. The fraction of sp³-hybridized carbons (Fsp3) is 0.267. The van der Waals surface area contributed by atoms with E-state index in [0.29, 0.717) is 4.90 Å². The summed E-state index contributed by atoms with van der Waals surface area (Å²) in [6, 6.07) is 8.94. The number of sulfonamides is 1. The molecule has 6 heteroatoms. The lowest BCUT2D eigenvalue weighted by Crippen LogP contribution is -2.24. The first-order valence-corrected chi connectivity index (χ1v) is 8.31. The number of aromatic nitrogens is 1. The topological polar surface area (TPSA) is 71.1 Å². The van der Waals surface area contributed by atoms with Crippen molar-refractivity contribution in [3.63, 3.8) is 0 Å². The number of hydrogen-bond acceptors (Lipinski definition) is 4. The van der Waals surface area contributed by atoms with Crippen LogP contribution in [0.3, 0.4) is 0 Å². The molecular formula is C15H17N3O2S. The molecule has 0 saturated carbocycles. The van der Waals surface area contributed by atoms with Gasteiger partial charge in [-0.1, -0.05) is 6.07 Å². The lowest BCUT2D eigenvalue weighted by Gasteiger charge is -2.09. The maximum Gasteiger partial charge on any atom is 0.240 e. The fourth-order valence-corrected chi connectivity index (χ4v) is 3.44. The van der Waals surface area contributed by atoms with Gasteiger partial charge in [-0.05, 0) is 48.7 Å². The van der Waals surface area contributed by atoms with Crippen LogP contribution >= 0.6 is 0 Å². The van der Waals surface area contributed by atoms with E-state index in [1.54, 1.807) is 18.3 Å². The number of nitrogens with zero attached hydrogens (tertiary/aromatic N) is 1. The van der Waals surface area contributed by atoms with E-state index in [0.717, 1.165) is 35.5 Å². The maximum atomic E-state index is 12.4. The Bertz CT molecular complexity index is 772. The van der Waals surface area contributed by atoms with Crippen LogP contribution in [0, 0.1) is 6.92 Å². The van der Waals surface area contributed by atoms with Gasteiger partial charge in [-0.15, -0.1) is 0 Å². The molecule has 1 aliphatic heterocycles. The van der Waals surface area contributed by atoms with Gasteiger partial charge in [0.15, 0.2) is 0 Å². The summed E-state index contributed by atoms with van der Waals surface area (Å²) < 4.78 is 27.3. The Morgan fingerprint density at radius 2 is 2.19 bits per heavy atom. The molecule has 2 aromatic rings. The van der Waals surface area contributed by atoms with Gasteiger partial charge in [0, 0.05) is 18.4 Å². The molecule has 0 amide bonds. The molecule has 1 aromatic heterocycles. The first-order chi connectivity index (χ1) is 10.1. The zero-order chi connectivity index (χ0) is 14.9. The molecule has 1 aromatic carbocycles. The van der Waals surface area contributed by atoms with Gasteiger partial charge in [0.2, 0.25) is 10.0 Å². The Morgan fingerprint density at radius 3 is 3.00 bits per heavy atom. The maximum absolute atomic E-state index is 12.4. The van der Waals surface area contributed by atoms with Crippen LogP contribution in [0.4, 0.5) is 5.69 Å². The molecule has 0 saturated heterocycles. The second kappa shape index (κ2) is 5.46. The molecule has 3 rings (SSSR count). The highest BCUT2D eigenvalue weighted by Gasteiger charge is 2.18. The van der Waals surface area contributed by atoms with Crippen molar-refractivity contribution < 1.29 is 8.42 Å². The van der Waals surface area contributed by atoms with Crippen LogP contribution < -0.4 is 10.0 Å². The number of rotatable bonds is 4. The van der Waals surface area contributed by atoms with Crippen molar-refractivity contribution in [1.82, 2.24) is 9.71 Å². The SMILES string of the molecule is Cc1cccnc1CNS(=O)(=O)c1ccc2c(c1)CCN2. The second-order valence-electron chi connectivity index (χ2n) is 5.09. The van der Waals surface area contributed by atoms with Gasteiger partial charge in [-0.2, -0.15) is 0 Å². The number of pyridine rings is 1. The molecule has 0 unspecified atom stereocenters. The van der Waals surface area contributed by atoms with Crippen LogP contribution in [0.2, 0.25) is 0 Å². The predicted molar refractivity (Wildman–Crippen MR) is 81.6 cm³/mol. The second-order valence-corrected chi connectivity index (χ2v) is 6.85. The van der Waals surface area contributed by atoms with Crippen molar-refractivity contribution >= 4 is 15.7 Å². The number of nitrogens with one attached hydrogen (secondary N) is 2. The molecule has 5 nitrogen and oxygen atoms in total. The zero-order valence-electron chi connectivity index (χ0n) is 11.8. The van der Waals surface area contributed by atoms with Crippen LogP contribution in [0.25, 0.3) is 0 Å². The summed E-state index contributed by atoms with van der Waals surface area (Å²) >= 11 is 0. The van der Waals surface area contributed by atoms with Crippen molar-refractivity contribution in [2.45, 2.75) is 24.8 Å². The van der Waals surface area contributed by atoms with E-state index in [4.69, 9.17) is 0 Å². The minimum absolute atomic E-state index is 0.199. The van der Waals surface area contributed by atoms with Gasteiger partial charge in [0.1, 0.15) is 0 Å². The van der Waals surface area contributed by atoms with Crippen LogP contribution in [0.5, 0.6) is 0 Å². The van der Waals surface area contributed by atoms with E-state index in [1.165, 1.54) is 0 Å². The predicted octanol–water partition coefficient (Wildman–Crippen LogP) is 1.84. The average molecular weight is 303 g/mol. The van der Waals surface area contributed by atoms with Gasteiger partial charge in [-0.3, -0.25) is 4.98 Å². The molecule has 1 aliphatic rings. The van der Waals surface area contributed by atoms with Crippen molar-refractivity contribution in [3.8, 4) is 0 Å². The van der Waals surface area contributed by atoms with E-state index in [2.05, 4.69) is 15.0 Å². The first kappa shape index (κ1) is 14.0. The molecule has 21 heavy (non-hydrogen) atoms. The van der Waals surface area contributed by atoms with Crippen molar-refractivity contribution in [1.29, 1.82) is 0 Å². The molecule has 110 valence electrons. The summed E-state index contributed by atoms with van der Waals surface area (Å²) in [6.07, 6.45) is 2.52. The molecule has 0 radical (unpaired) electrons. The Kier molecular flexibility index (Phi) is 3.65. The van der Waals surface area contributed by atoms with E-state index in [1.807, 2.05) is 25.1 Å². The Hall–Kier alpha value is -1.92. The van der Waals surface area contributed by atoms with E-state index < -0.39 is 10.0 Å². The standard InChI is InChI=1S/C15H17N3O2S/c1-11-3-2-7-16-15(11)10-18-21(19,20)13-4-5-14-12(9-13)6-8-17-14/h2-5,7,9,17-18H,6,8,10H2,1H3. The summed E-state index contributed by atoms with van der Waals surface area (Å²) in [7, 11) is -3.51. The van der Waals surface area contributed by atoms with Crippen LogP contribution in [0.15, 0.2) is 41.4 Å². The molecule has 0 spiro atoms. The summed E-state index contributed by atoms with van der Waals surface area (Å²) in [5, 5.41) is 3.22. The van der Waals surface area contributed by atoms with E-state index in [9.17, 15) is 8.42 Å². The minimum Gasteiger partial charge on any atom is -0.384 e. The summed E-state index contributed by atoms with van der Waals surface area (Å²) in [4.78, 5) is 4.50. The number of fused-ring (bicyclic) bond motifs is 1. The third-order valence-corrected chi connectivity index (χ3v) is 5.04. The van der Waals surface area contributed by atoms with Crippen molar-refractivity contribution in [3.05, 3.63) is 53.3 Å². The van der Waals surface area contributed by atoms with Crippen LogP contribution in [-0.4, -0.2) is 19.9 Å². The van der Waals surface area contributed by atoms with Crippen LogP contribution in [-0.2, 0) is 23.0 Å². The Balaban J connectivity index is 1.80. The highest BCUT2D eigenvalue weighted by atomic mass is 32.2. The summed E-state index contributed by atoms with van der Waals surface area (Å²) in [5.41, 5.74) is 3.78. The van der Waals surface area contributed by atoms with Crippen molar-refractivity contribution in [2.24, 2.45) is 0 Å². The third kappa shape index (κ3) is 2.91. The summed E-state index contributed by atoms with van der Waals surface area (Å²) in [5.74, 6) is 0. The van der Waals surface area contributed by atoms with Gasteiger partial charge in [0.25, 0.3) is 0 Å². The summed E-state index contributed by atoms with van der Waals surface area (Å²) in [6.45, 7) is 2.97. The van der Waals surface area contributed by atoms with Gasteiger partial charge in [-0.25, -0.2) is 13.1 Å². The van der Waals surface area contributed by atoms with Crippen molar-refractivity contribution in [2.75, 3.05) is 11.9 Å². The molecule has 2 heterocycles. The molecule has 2 N–H and O–H groups in total. The van der Waals surface area contributed by atoms with E-state index >= 15 is 0 Å². The monoisotopic (exact) mass is 303 g/mol. The largest absolute Gasteiger partial charge is 0.384 e. The molecule has 0 atom stereocenters. The van der Waals surface area contributed by atoms with E-state index in [-0.39, 0.29) is 6.54 Å². The fourth-order valence-electron chi connectivity index (χ4n) is 2.40. The first-order valence-electron chi connectivity index (χ1n) is 6.83. The van der Waals surface area contributed by atoms with Gasteiger partial charge < -0.3 is 5.32 Å². The Labute approximate surface area is 124 Å². The smallest absolute Gasteiger partial charge is 0.240 e. The van der Waals surface area contributed by atoms with Gasteiger partial charge >= 0.3 is 0 Å². The minimum atomic E-state index is -3.51. The number of hydrogen-bond donors (Lipinski definition) is 2. The number of anilines is 1. The number of aryl methyl sites for hydroxylation is 1. The molecule has 0 bridgehead atoms. The quantitative estimate of drug-likeness (QED) is 0.904. The average Bonchev–Trinajstić information content (AvgIpc) is 2.94. The number of benzene rings is 1. The lowest BCUT2D eigenvalue weighted by molar-refractivity contribution is 0.580. The molecule has 0 aliphatic carbocycles. The Morgan fingerprint density at radius 1 is 1.33 bits per heavy atom. The van der Waals surface area contributed by atoms with Gasteiger partial charge in [0.05, 0.1) is 17.1 Å². The third-order valence-electron chi connectivity index (χ3n) is 3.64. The normalized spacial score (nSPS) is 13.8. The van der Waals surface area contributed by atoms with Crippen LogP contribution in [0.1, 0.15) is 16.8 Å².